The molecule has 0 aliphatic carbocycles. The minimum Gasteiger partial charge on any atom is -0.494 e. The summed E-state index contributed by atoms with van der Waals surface area (Å²) in [6, 6.07) is 1.43. The van der Waals surface area contributed by atoms with E-state index in [9.17, 15) is 13.6 Å². The third-order valence-corrected chi connectivity index (χ3v) is 1.96. The quantitative estimate of drug-likeness (QED) is 0.860. The molecule has 0 aliphatic rings. The van der Waals surface area contributed by atoms with Crippen LogP contribution >= 0.6 is 0 Å². The van der Waals surface area contributed by atoms with Crippen LogP contribution < -0.4 is 4.74 Å². The first-order chi connectivity index (χ1) is 7.45. The van der Waals surface area contributed by atoms with E-state index >= 15 is 0 Å². The van der Waals surface area contributed by atoms with Crippen LogP contribution in [0, 0.1) is 6.92 Å². The summed E-state index contributed by atoms with van der Waals surface area (Å²) in [7, 11) is 1.21. The number of alkyl halides is 2. The lowest BCUT2D eigenvalue weighted by Crippen LogP contribution is -2.07. The summed E-state index contributed by atoms with van der Waals surface area (Å²) in [5.41, 5.74) is 0.0314. The Hall–Kier alpha value is -1.72. The SMILES string of the molecule is COc1c(CC(=O)O)cc(C)nc1C(F)F. The molecule has 1 aromatic heterocycles. The van der Waals surface area contributed by atoms with E-state index in [0.29, 0.717) is 5.69 Å². The van der Waals surface area contributed by atoms with E-state index in [1.807, 2.05) is 0 Å². The number of carbonyl (C=O) groups is 1. The second-order valence-electron chi connectivity index (χ2n) is 3.21. The molecule has 0 atom stereocenters. The van der Waals surface area contributed by atoms with Crippen molar-refractivity contribution in [2.45, 2.75) is 19.8 Å². The Morgan fingerprint density at radius 2 is 2.25 bits per heavy atom. The predicted molar refractivity (Wildman–Crippen MR) is 51.8 cm³/mol. The average molecular weight is 231 g/mol. The number of pyridine rings is 1. The van der Waals surface area contributed by atoms with Gasteiger partial charge in [-0.2, -0.15) is 0 Å². The van der Waals surface area contributed by atoms with Crippen LogP contribution in [0.5, 0.6) is 5.75 Å². The Morgan fingerprint density at radius 3 is 2.69 bits per heavy atom. The molecule has 0 aliphatic heterocycles. The highest BCUT2D eigenvalue weighted by atomic mass is 19.3. The zero-order valence-corrected chi connectivity index (χ0v) is 8.83. The molecular formula is C10H11F2NO3. The molecule has 0 bridgehead atoms. The molecule has 0 saturated heterocycles. The van der Waals surface area contributed by atoms with Crippen LogP contribution in [0.1, 0.15) is 23.4 Å². The van der Waals surface area contributed by atoms with Crippen molar-refractivity contribution >= 4 is 5.97 Å². The summed E-state index contributed by atoms with van der Waals surface area (Å²) in [6.07, 6.45) is -3.16. The standard InChI is InChI=1S/C10H11F2NO3/c1-5-3-6(4-7(14)15)9(16-2)8(13-5)10(11)12/h3,10H,4H2,1-2H3,(H,14,15). The third-order valence-electron chi connectivity index (χ3n) is 1.96. The second-order valence-corrected chi connectivity index (χ2v) is 3.21. The van der Waals surface area contributed by atoms with Crippen molar-refractivity contribution in [3.63, 3.8) is 0 Å². The summed E-state index contributed by atoms with van der Waals surface area (Å²) < 4.78 is 30.0. The van der Waals surface area contributed by atoms with Gasteiger partial charge < -0.3 is 9.84 Å². The molecule has 0 unspecified atom stereocenters. The molecule has 0 saturated carbocycles. The van der Waals surface area contributed by atoms with Crippen LogP contribution in [0.15, 0.2) is 6.07 Å². The maximum Gasteiger partial charge on any atom is 0.307 e. The summed E-state index contributed by atoms with van der Waals surface area (Å²) in [4.78, 5) is 14.2. The van der Waals surface area contributed by atoms with Gasteiger partial charge in [-0.1, -0.05) is 0 Å². The first-order valence-corrected chi connectivity index (χ1v) is 4.50. The van der Waals surface area contributed by atoms with Crippen LogP contribution in [0.3, 0.4) is 0 Å². The first kappa shape index (κ1) is 12.4. The average Bonchev–Trinajstić information content (AvgIpc) is 2.15. The number of aromatic nitrogens is 1. The van der Waals surface area contributed by atoms with Gasteiger partial charge in [0.05, 0.1) is 13.5 Å². The Morgan fingerprint density at radius 1 is 1.62 bits per heavy atom. The molecule has 0 amide bonds. The number of nitrogens with zero attached hydrogens (tertiary/aromatic N) is 1. The van der Waals surface area contributed by atoms with E-state index in [0.717, 1.165) is 0 Å². The fraction of sp³-hybridized carbons (Fsp3) is 0.400. The van der Waals surface area contributed by atoms with Crippen LogP contribution in [-0.2, 0) is 11.2 Å². The van der Waals surface area contributed by atoms with Crippen molar-refractivity contribution in [2.24, 2.45) is 0 Å². The molecule has 0 radical (unpaired) electrons. The highest BCUT2D eigenvalue weighted by molar-refractivity contribution is 5.71. The first-order valence-electron chi connectivity index (χ1n) is 4.50. The van der Waals surface area contributed by atoms with Gasteiger partial charge in [-0.05, 0) is 13.0 Å². The number of hydrogen-bond acceptors (Lipinski definition) is 3. The number of methoxy groups -OCH3 is 1. The molecule has 0 spiro atoms. The summed E-state index contributed by atoms with van der Waals surface area (Å²) >= 11 is 0. The minimum absolute atomic E-state index is 0.150. The predicted octanol–water partition coefficient (Wildman–Crippen LogP) is 1.96. The molecule has 1 aromatic rings. The van der Waals surface area contributed by atoms with Crippen molar-refractivity contribution in [1.82, 2.24) is 4.98 Å². The summed E-state index contributed by atoms with van der Waals surface area (Å²) in [5, 5.41) is 8.64. The number of hydrogen-bond donors (Lipinski definition) is 1. The van der Waals surface area contributed by atoms with E-state index in [-0.39, 0.29) is 17.7 Å². The molecular weight excluding hydrogens is 220 g/mol. The number of halogens is 2. The Labute approximate surface area is 90.9 Å². The third kappa shape index (κ3) is 2.65. The van der Waals surface area contributed by atoms with E-state index in [1.54, 1.807) is 0 Å². The van der Waals surface area contributed by atoms with Crippen LogP contribution in [0.2, 0.25) is 0 Å². The lowest BCUT2D eigenvalue weighted by molar-refractivity contribution is -0.136. The highest BCUT2D eigenvalue weighted by Crippen LogP contribution is 2.31. The van der Waals surface area contributed by atoms with Crippen molar-refractivity contribution in [3.05, 3.63) is 23.0 Å². The normalized spacial score (nSPS) is 10.6. The second kappa shape index (κ2) is 4.87. The zero-order chi connectivity index (χ0) is 12.3. The number of ether oxygens (including phenoxy) is 1. The van der Waals surface area contributed by atoms with Gasteiger partial charge in [0.15, 0.2) is 0 Å². The molecule has 88 valence electrons. The van der Waals surface area contributed by atoms with Crippen molar-refractivity contribution < 1.29 is 23.4 Å². The maximum atomic E-state index is 12.6. The Kier molecular flexibility index (Phi) is 3.76. The molecule has 0 aromatic carbocycles. The lowest BCUT2D eigenvalue weighted by atomic mass is 10.1. The zero-order valence-electron chi connectivity index (χ0n) is 8.83. The van der Waals surface area contributed by atoms with Crippen LogP contribution in [0.25, 0.3) is 0 Å². The summed E-state index contributed by atoms with van der Waals surface area (Å²) in [5.74, 6) is -1.26. The van der Waals surface area contributed by atoms with Crippen molar-refractivity contribution in [1.29, 1.82) is 0 Å². The van der Waals surface area contributed by atoms with E-state index in [4.69, 9.17) is 9.84 Å². The van der Waals surface area contributed by atoms with Gasteiger partial charge in [-0.15, -0.1) is 0 Å². The van der Waals surface area contributed by atoms with Gasteiger partial charge >= 0.3 is 5.97 Å². The fourth-order valence-corrected chi connectivity index (χ4v) is 1.43. The van der Waals surface area contributed by atoms with E-state index < -0.39 is 18.1 Å². The van der Waals surface area contributed by atoms with E-state index in [2.05, 4.69) is 4.98 Å². The number of rotatable bonds is 4. The number of carboxylic acids is 1. The molecule has 16 heavy (non-hydrogen) atoms. The topological polar surface area (TPSA) is 59.4 Å². The Balaban J connectivity index is 3.29. The number of aliphatic carboxylic acids is 1. The molecule has 1 rings (SSSR count). The van der Waals surface area contributed by atoms with Crippen LogP contribution in [0.4, 0.5) is 8.78 Å². The molecule has 0 fully saturated rings. The minimum atomic E-state index is -2.79. The molecule has 1 heterocycles. The highest BCUT2D eigenvalue weighted by Gasteiger charge is 2.21. The fourth-order valence-electron chi connectivity index (χ4n) is 1.43. The van der Waals surface area contributed by atoms with Crippen molar-refractivity contribution in [3.8, 4) is 5.75 Å². The lowest BCUT2D eigenvalue weighted by Gasteiger charge is -2.12. The van der Waals surface area contributed by atoms with Gasteiger partial charge in [0.1, 0.15) is 11.4 Å². The Bertz CT molecular complexity index is 407. The van der Waals surface area contributed by atoms with Gasteiger partial charge in [-0.3, -0.25) is 4.79 Å². The van der Waals surface area contributed by atoms with Gasteiger partial charge in [-0.25, -0.2) is 13.8 Å². The van der Waals surface area contributed by atoms with Gasteiger partial charge in [0.2, 0.25) is 0 Å². The summed E-state index contributed by atoms with van der Waals surface area (Å²) in [6.45, 7) is 1.52. The number of aryl methyl sites for hydroxylation is 1. The molecule has 4 nitrogen and oxygen atoms in total. The number of carboxylic acid groups (broad SMARTS) is 1. The molecule has 1 N–H and O–H groups in total. The van der Waals surface area contributed by atoms with Crippen molar-refractivity contribution in [2.75, 3.05) is 7.11 Å². The maximum absolute atomic E-state index is 12.6. The smallest absolute Gasteiger partial charge is 0.307 e. The van der Waals surface area contributed by atoms with Gasteiger partial charge in [0, 0.05) is 11.3 Å². The van der Waals surface area contributed by atoms with Gasteiger partial charge in [0.25, 0.3) is 6.43 Å². The monoisotopic (exact) mass is 231 g/mol. The van der Waals surface area contributed by atoms with Crippen LogP contribution in [-0.4, -0.2) is 23.2 Å². The molecule has 6 heteroatoms. The largest absolute Gasteiger partial charge is 0.494 e. The van der Waals surface area contributed by atoms with E-state index in [1.165, 1.54) is 20.1 Å².